The number of hydrogen-bond donors (Lipinski definition) is 7. The summed E-state index contributed by atoms with van der Waals surface area (Å²) in [5.74, 6) is -0.964. The van der Waals surface area contributed by atoms with Crippen LogP contribution in [0, 0.1) is 20.8 Å². The SMILES string of the molecule is CCCC(=O)Nc1ccc2c(O)c(N=Nc3ccc4c(O)c(N=Nc5cc(Nc6nc(Cl)nc(Nc7ccc(C)cc7)n6)ccc5S(=O)(=O)O)c(C)cc4c3S(=O)(=O)O)c(C)cc2c1. The number of aromatic nitrogens is 3. The summed E-state index contributed by atoms with van der Waals surface area (Å²) in [6, 6.07) is 21.3. The lowest BCUT2D eigenvalue weighted by Gasteiger charge is -2.13. The first-order valence-corrected chi connectivity index (χ1v) is 22.3. The van der Waals surface area contributed by atoms with Crippen LogP contribution in [0.4, 0.5) is 51.7 Å². The minimum atomic E-state index is -5.06. The Labute approximate surface area is 370 Å². The largest absolute Gasteiger partial charge is 0.505 e. The fourth-order valence-corrected chi connectivity index (χ4v) is 8.22. The molecule has 0 unspecified atom stereocenters. The number of hydrogen-bond acceptors (Lipinski definition) is 16. The molecule has 328 valence electrons. The monoisotopic (exact) mass is 924 g/mol. The van der Waals surface area contributed by atoms with Crippen molar-refractivity contribution in [2.24, 2.45) is 20.5 Å². The Morgan fingerprint density at radius 1 is 0.641 bits per heavy atom. The molecule has 7 N–H and O–H groups in total. The number of amides is 1. The average Bonchev–Trinajstić information content (AvgIpc) is 3.20. The number of azo groups is 2. The van der Waals surface area contributed by atoms with Gasteiger partial charge in [-0.1, -0.05) is 24.6 Å². The molecule has 64 heavy (non-hydrogen) atoms. The van der Waals surface area contributed by atoms with E-state index in [0.717, 1.165) is 11.6 Å². The van der Waals surface area contributed by atoms with E-state index in [-0.39, 0.29) is 73.6 Å². The molecule has 19 nitrogen and oxygen atoms in total. The first-order chi connectivity index (χ1) is 30.3. The molecule has 0 aliphatic heterocycles. The first kappa shape index (κ1) is 44.9. The summed E-state index contributed by atoms with van der Waals surface area (Å²) < 4.78 is 71.1. The second kappa shape index (κ2) is 17.9. The Morgan fingerprint density at radius 3 is 1.86 bits per heavy atom. The van der Waals surface area contributed by atoms with Crippen molar-refractivity contribution in [2.75, 3.05) is 16.0 Å². The summed E-state index contributed by atoms with van der Waals surface area (Å²) in [7, 11) is -9.93. The van der Waals surface area contributed by atoms with Crippen molar-refractivity contribution >= 4 is 111 Å². The summed E-state index contributed by atoms with van der Waals surface area (Å²) >= 11 is 6.16. The van der Waals surface area contributed by atoms with Gasteiger partial charge in [0.1, 0.15) is 32.5 Å². The van der Waals surface area contributed by atoms with Gasteiger partial charge >= 0.3 is 0 Å². The summed E-state index contributed by atoms with van der Waals surface area (Å²) in [6.07, 6.45) is 1.02. The minimum absolute atomic E-state index is 0.00643. The molecule has 0 saturated carbocycles. The van der Waals surface area contributed by atoms with Crippen molar-refractivity contribution < 1.29 is 40.9 Å². The van der Waals surface area contributed by atoms with Crippen LogP contribution in [-0.4, -0.2) is 57.0 Å². The molecule has 0 bridgehead atoms. The van der Waals surface area contributed by atoms with Crippen LogP contribution in [0.3, 0.4) is 0 Å². The van der Waals surface area contributed by atoms with Crippen molar-refractivity contribution in [2.45, 2.75) is 50.3 Å². The molecule has 1 amide bonds. The standard InChI is InChI=1S/C42H37ClN10O9S2/c1-5-6-34(54)44-26-11-13-28-24(19-26)17-22(3)35(37(28)55)52-50-31-15-14-29-30(39(31)64(60,61)62)18-23(4)36(38(29)56)53-51-32-20-27(12-16-33(32)63(57,58)59)46-42-48-40(43)47-41(49-42)45-25-9-7-21(2)8-10-25/h7-20,55-56H,5-6H2,1-4H3,(H,44,54)(H,57,58,59)(H,60,61,62)(H2,45,46,47,48,49). The predicted octanol–water partition coefficient (Wildman–Crippen LogP) is 10.7. The normalized spacial score (nSPS) is 12.1. The number of nitrogens with one attached hydrogen (secondary N) is 3. The van der Waals surface area contributed by atoms with Gasteiger partial charge in [-0.25, -0.2) is 0 Å². The maximum atomic E-state index is 12.9. The molecule has 0 aliphatic rings. The molecule has 7 aromatic rings. The van der Waals surface area contributed by atoms with Crippen LogP contribution in [0.25, 0.3) is 21.5 Å². The van der Waals surface area contributed by atoms with Crippen LogP contribution in [0.15, 0.2) is 115 Å². The van der Waals surface area contributed by atoms with Gasteiger partial charge in [0.25, 0.3) is 20.2 Å². The Hall–Kier alpha value is -7.17. The zero-order chi connectivity index (χ0) is 46.1. The van der Waals surface area contributed by atoms with Crippen LogP contribution < -0.4 is 16.0 Å². The van der Waals surface area contributed by atoms with Crippen molar-refractivity contribution in [3.05, 3.63) is 107 Å². The summed E-state index contributed by atoms with van der Waals surface area (Å²) in [6.45, 7) is 6.92. The summed E-state index contributed by atoms with van der Waals surface area (Å²) in [4.78, 5) is 23.2. The number of aromatic hydroxyl groups is 2. The highest BCUT2D eigenvalue weighted by Gasteiger charge is 2.24. The van der Waals surface area contributed by atoms with Crippen molar-refractivity contribution in [1.29, 1.82) is 0 Å². The third-order valence-corrected chi connectivity index (χ3v) is 11.6. The Balaban J connectivity index is 1.22. The van der Waals surface area contributed by atoms with Gasteiger partial charge in [-0.2, -0.15) is 31.8 Å². The molecule has 6 aromatic carbocycles. The number of benzene rings is 6. The van der Waals surface area contributed by atoms with E-state index in [2.05, 4.69) is 51.4 Å². The third kappa shape index (κ3) is 9.88. The Kier molecular flexibility index (Phi) is 12.6. The molecule has 0 radical (unpaired) electrons. The molecule has 0 spiro atoms. The quantitative estimate of drug-likeness (QED) is 0.0418. The lowest BCUT2D eigenvalue weighted by atomic mass is 10.0. The van der Waals surface area contributed by atoms with Gasteiger partial charge < -0.3 is 26.2 Å². The zero-order valence-electron chi connectivity index (χ0n) is 34.2. The van der Waals surface area contributed by atoms with Crippen molar-refractivity contribution in [3.8, 4) is 11.5 Å². The lowest BCUT2D eigenvalue weighted by molar-refractivity contribution is -0.116. The van der Waals surface area contributed by atoms with Crippen LogP contribution >= 0.6 is 11.6 Å². The first-order valence-electron chi connectivity index (χ1n) is 19.1. The number of carbonyl (C=O) groups is 1. The molecule has 0 saturated heterocycles. The smallest absolute Gasteiger partial charge is 0.297 e. The number of nitrogens with zero attached hydrogens (tertiary/aromatic N) is 7. The van der Waals surface area contributed by atoms with Crippen molar-refractivity contribution in [3.63, 3.8) is 0 Å². The molecule has 0 atom stereocenters. The Morgan fingerprint density at radius 2 is 1.22 bits per heavy atom. The maximum absolute atomic E-state index is 12.9. The molecule has 1 heterocycles. The highest BCUT2D eigenvalue weighted by atomic mass is 35.5. The van der Waals surface area contributed by atoms with E-state index in [1.807, 2.05) is 38.1 Å². The number of aryl methyl sites for hydroxylation is 3. The zero-order valence-corrected chi connectivity index (χ0v) is 36.5. The molecular formula is C42H37ClN10O9S2. The number of rotatable bonds is 13. The summed E-state index contributed by atoms with van der Waals surface area (Å²) in [5, 5.41) is 48.2. The fraction of sp³-hybridized carbons (Fsp3) is 0.143. The highest BCUT2D eigenvalue weighted by molar-refractivity contribution is 7.86. The van der Waals surface area contributed by atoms with Gasteiger partial charge in [0.05, 0.1) is 0 Å². The second-order valence-corrected chi connectivity index (χ2v) is 17.5. The number of carbonyl (C=O) groups excluding carboxylic acids is 1. The van der Waals surface area contributed by atoms with Crippen molar-refractivity contribution in [1.82, 2.24) is 15.0 Å². The van der Waals surface area contributed by atoms with Crippen LogP contribution in [0.1, 0.15) is 36.5 Å². The molecule has 0 fully saturated rings. The molecule has 0 aliphatic carbocycles. The fourth-order valence-electron chi connectivity index (χ4n) is 6.64. The Bertz CT molecular complexity index is 3320. The van der Waals surface area contributed by atoms with Gasteiger partial charge in [-0.05, 0) is 128 Å². The highest BCUT2D eigenvalue weighted by Crippen LogP contribution is 2.45. The summed E-state index contributed by atoms with van der Waals surface area (Å²) in [5.41, 5.74) is 2.07. The number of phenolic OH excluding ortho intramolecular Hbond substituents is 2. The second-order valence-electron chi connectivity index (χ2n) is 14.4. The lowest BCUT2D eigenvalue weighted by Crippen LogP contribution is -2.10. The minimum Gasteiger partial charge on any atom is -0.505 e. The molecule has 7 rings (SSSR count). The van der Waals surface area contributed by atoms with E-state index < -0.39 is 35.8 Å². The van der Waals surface area contributed by atoms with Crippen LogP contribution in [-0.2, 0) is 25.0 Å². The predicted molar refractivity (Wildman–Crippen MR) is 241 cm³/mol. The average molecular weight is 925 g/mol. The van der Waals surface area contributed by atoms with Crippen LogP contribution in [0.2, 0.25) is 5.28 Å². The van der Waals surface area contributed by atoms with Crippen LogP contribution in [0.5, 0.6) is 11.5 Å². The number of phenols is 2. The molecule has 22 heteroatoms. The third-order valence-electron chi connectivity index (χ3n) is 9.61. The number of halogens is 1. The van der Waals surface area contributed by atoms with E-state index >= 15 is 0 Å². The van der Waals surface area contributed by atoms with E-state index in [4.69, 9.17) is 11.6 Å². The van der Waals surface area contributed by atoms with Gasteiger partial charge in [0.2, 0.25) is 23.1 Å². The maximum Gasteiger partial charge on any atom is 0.297 e. The van der Waals surface area contributed by atoms with Gasteiger partial charge in [0.15, 0.2) is 11.5 Å². The van der Waals surface area contributed by atoms with E-state index in [1.54, 1.807) is 31.2 Å². The van der Waals surface area contributed by atoms with E-state index in [9.17, 15) is 40.9 Å². The molecule has 1 aromatic heterocycles. The molecular weight excluding hydrogens is 888 g/mol. The van der Waals surface area contributed by atoms with E-state index in [0.29, 0.717) is 40.6 Å². The van der Waals surface area contributed by atoms with Gasteiger partial charge in [0, 0.05) is 39.6 Å². The number of fused-ring (bicyclic) bond motifs is 2. The van der Waals surface area contributed by atoms with E-state index in [1.165, 1.54) is 37.3 Å². The number of anilines is 5. The van der Waals surface area contributed by atoms with Gasteiger partial charge in [-0.15, -0.1) is 20.5 Å². The topological polar surface area (TPSA) is 290 Å². The van der Waals surface area contributed by atoms with Gasteiger partial charge in [-0.3, -0.25) is 13.9 Å².